The predicted octanol–water partition coefficient (Wildman–Crippen LogP) is 11.8. The molecular formula is C47H31N3Se. The van der Waals surface area contributed by atoms with Crippen molar-refractivity contribution in [3.8, 4) is 77.0 Å². The van der Waals surface area contributed by atoms with Crippen molar-refractivity contribution in [3.63, 3.8) is 0 Å². The Morgan fingerprint density at radius 1 is 0.333 bits per heavy atom. The van der Waals surface area contributed by atoms with Gasteiger partial charge in [-0.2, -0.15) is 0 Å². The zero-order valence-corrected chi connectivity index (χ0v) is 29.4. The summed E-state index contributed by atoms with van der Waals surface area (Å²) in [5, 5.41) is 15.5. The van der Waals surface area contributed by atoms with E-state index in [2.05, 4.69) is 187 Å². The molecule has 0 spiro atoms. The second kappa shape index (κ2) is 13.6. The minimum atomic E-state index is 0.0912. The Balaban J connectivity index is 1.39. The normalized spacial score (nSPS) is 11.1. The molecule has 2 heterocycles. The monoisotopic (exact) mass is 717 g/mol. The van der Waals surface area contributed by atoms with Gasteiger partial charge in [-0.1, -0.05) is 0 Å². The molecule has 7 aromatic carbocycles. The van der Waals surface area contributed by atoms with Gasteiger partial charge in [-0.25, -0.2) is 0 Å². The van der Waals surface area contributed by atoms with E-state index in [0.717, 1.165) is 44.8 Å². The summed E-state index contributed by atoms with van der Waals surface area (Å²) < 4.78 is 2.71. The van der Waals surface area contributed by atoms with Crippen LogP contribution >= 0.6 is 0 Å². The number of fused-ring (bicyclic) bond motifs is 1. The number of nitrogens with zero attached hydrogens (tertiary/aromatic N) is 3. The van der Waals surface area contributed by atoms with E-state index in [-0.39, 0.29) is 14.5 Å². The van der Waals surface area contributed by atoms with Gasteiger partial charge in [0.2, 0.25) is 0 Å². The van der Waals surface area contributed by atoms with Crippen LogP contribution in [0.1, 0.15) is 0 Å². The molecule has 0 unspecified atom stereocenters. The molecule has 9 rings (SSSR count). The molecule has 2 aromatic heterocycles. The van der Waals surface area contributed by atoms with E-state index >= 15 is 0 Å². The second-order valence-electron chi connectivity index (χ2n) is 12.4. The van der Waals surface area contributed by atoms with Crippen molar-refractivity contribution in [3.05, 3.63) is 188 Å². The molecule has 0 saturated heterocycles. The molecule has 0 saturated carbocycles. The van der Waals surface area contributed by atoms with Gasteiger partial charge in [0.25, 0.3) is 0 Å². The Labute approximate surface area is 303 Å². The maximum atomic E-state index is 4.96. The van der Waals surface area contributed by atoms with Crippen LogP contribution in [0.3, 0.4) is 0 Å². The van der Waals surface area contributed by atoms with Gasteiger partial charge in [0.05, 0.1) is 0 Å². The molecule has 51 heavy (non-hydrogen) atoms. The fraction of sp³-hybridized carbons (Fsp3) is 0. The van der Waals surface area contributed by atoms with Gasteiger partial charge in [0.15, 0.2) is 0 Å². The summed E-state index contributed by atoms with van der Waals surface area (Å²) in [4.78, 5) is 0. The topological polar surface area (TPSA) is 38.7 Å². The van der Waals surface area contributed by atoms with E-state index in [1.807, 2.05) is 6.07 Å². The van der Waals surface area contributed by atoms with Crippen LogP contribution < -0.4 is 0 Å². The van der Waals surface area contributed by atoms with E-state index in [1.54, 1.807) is 0 Å². The number of hydrogen-bond acceptors (Lipinski definition) is 3. The van der Waals surface area contributed by atoms with Gasteiger partial charge >= 0.3 is 305 Å². The minimum absolute atomic E-state index is 0.0912. The van der Waals surface area contributed by atoms with Crippen LogP contribution in [0.25, 0.3) is 86.7 Å². The van der Waals surface area contributed by atoms with Crippen LogP contribution in [0.4, 0.5) is 0 Å². The molecule has 0 fully saturated rings. The van der Waals surface area contributed by atoms with Crippen molar-refractivity contribution < 1.29 is 0 Å². The molecule has 0 bridgehead atoms. The third-order valence-corrected chi connectivity index (χ3v) is 11.8. The van der Waals surface area contributed by atoms with Gasteiger partial charge in [0, 0.05) is 0 Å². The Kier molecular flexibility index (Phi) is 8.23. The quantitative estimate of drug-likeness (QED) is 0.154. The van der Waals surface area contributed by atoms with Gasteiger partial charge in [-0.3, -0.25) is 0 Å². The first-order valence-electron chi connectivity index (χ1n) is 17.0. The molecular weight excluding hydrogens is 685 g/mol. The summed E-state index contributed by atoms with van der Waals surface area (Å²) >= 11 is 0.0912. The first-order valence-corrected chi connectivity index (χ1v) is 18.8. The van der Waals surface area contributed by atoms with Crippen molar-refractivity contribution in [1.82, 2.24) is 15.4 Å². The molecule has 0 amide bonds. The summed E-state index contributed by atoms with van der Waals surface area (Å²) in [6.45, 7) is 0. The van der Waals surface area contributed by atoms with E-state index in [9.17, 15) is 0 Å². The Hall–Kier alpha value is -6.19. The molecule has 0 aliphatic heterocycles. The first-order chi connectivity index (χ1) is 25.3. The Morgan fingerprint density at radius 3 is 1.49 bits per heavy atom. The molecule has 0 aliphatic rings. The molecule has 0 atom stereocenters. The average molecular weight is 717 g/mol. The van der Waals surface area contributed by atoms with Crippen LogP contribution in [0, 0.1) is 0 Å². The number of rotatable bonds is 7. The Bertz CT molecular complexity index is 2600. The standard InChI is InChI=1S/C47H31N3Se/c1-4-17-32(18-5-1)36-24-11-13-26-38(36)40-28-16-29-41(44(40)43-31-35-23-10-15-30-42(35)51-43)47-45(46(48-50-49-47)34-21-8-3-9-22-34)39-27-14-12-25-37(39)33-19-6-2-7-20-33/h1-31H. The van der Waals surface area contributed by atoms with Crippen LogP contribution in [-0.4, -0.2) is 29.9 Å². The Morgan fingerprint density at radius 2 is 0.824 bits per heavy atom. The SMILES string of the molecule is c1ccc(-c2ccccc2-c2cccc(-c3nnnc(-c4ccccc4)c3-c3ccccc3-c3ccccc3)c2-c2cc3ccccc3[se]2)cc1. The maximum absolute atomic E-state index is 4.96. The summed E-state index contributed by atoms with van der Waals surface area (Å²) in [6.07, 6.45) is 0. The molecule has 240 valence electrons. The first kappa shape index (κ1) is 30.8. The van der Waals surface area contributed by atoms with Crippen molar-refractivity contribution in [2.75, 3.05) is 0 Å². The number of aromatic nitrogens is 3. The number of benzene rings is 7. The molecule has 0 N–H and O–H groups in total. The summed E-state index contributed by atoms with van der Waals surface area (Å²) in [7, 11) is 0. The van der Waals surface area contributed by atoms with Crippen LogP contribution in [0.2, 0.25) is 0 Å². The average Bonchev–Trinajstić information content (AvgIpc) is 3.65. The van der Waals surface area contributed by atoms with E-state index in [4.69, 9.17) is 10.2 Å². The van der Waals surface area contributed by atoms with Gasteiger partial charge < -0.3 is 0 Å². The molecule has 0 radical (unpaired) electrons. The number of hydrogen-bond donors (Lipinski definition) is 0. The third kappa shape index (κ3) is 5.81. The summed E-state index contributed by atoms with van der Waals surface area (Å²) in [5.41, 5.74) is 13.9. The third-order valence-electron chi connectivity index (χ3n) is 9.39. The van der Waals surface area contributed by atoms with E-state index in [0.29, 0.717) is 0 Å². The van der Waals surface area contributed by atoms with E-state index in [1.165, 1.54) is 41.9 Å². The van der Waals surface area contributed by atoms with Gasteiger partial charge in [-0.15, -0.1) is 0 Å². The fourth-order valence-electron chi connectivity index (χ4n) is 7.07. The van der Waals surface area contributed by atoms with Crippen LogP contribution in [-0.2, 0) is 0 Å². The van der Waals surface area contributed by atoms with Crippen molar-refractivity contribution in [2.45, 2.75) is 0 Å². The summed E-state index contributed by atoms with van der Waals surface area (Å²) in [5.74, 6) is 0. The summed E-state index contributed by atoms with van der Waals surface area (Å²) in [6, 6.07) is 66.7. The predicted molar refractivity (Wildman–Crippen MR) is 212 cm³/mol. The molecule has 9 aromatic rings. The van der Waals surface area contributed by atoms with Crippen molar-refractivity contribution in [1.29, 1.82) is 0 Å². The van der Waals surface area contributed by atoms with Crippen LogP contribution in [0.15, 0.2) is 188 Å². The van der Waals surface area contributed by atoms with E-state index < -0.39 is 0 Å². The molecule has 4 heteroatoms. The van der Waals surface area contributed by atoms with Gasteiger partial charge in [0.1, 0.15) is 0 Å². The van der Waals surface area contributed by atoms with Gasteiger partial charge in [-0.05, 0) is 0 Å². The molecule has 0 aliphatic carbocycles. The zero-order chi connectivity index (χ0) is 34.0. The molecule has 3 nitrogen and oxygen atoms in total. The second-order valence-corrected chi connectivity index (χ2v) is 14.7. The van der Waals surface area contributed by atoms with Crippen molar-refractivity contribution >= 4 is 24.1 Å². The zero-order valence-electron chi connectivity index (χ0n) is 27.6. The fourth-order valence-corrected chi connectivity index (χ4v) is 9.45. The van der Waals surface area contributed by atoms with Crippen LogP contribution in [0.5, 0.6) is 0 Å². The van der Waals surface area contributed by atoms with Crippen molar-refractivity contribution in [2.24, 2.45) is 0 Å².